The number of aromatic nitrogens is 1. The van der Waals surface area contributed by atoms with Gasteiger partial charge in [0.25, 0.3) is 5.56 Å². The second-order valence-corrected chi connectivity index (χ2v) is 4.47. The molecule has 1 aromatic rings. The van der Waals surface area contributed by atoms with Crippen molar-refractivity contribution in [3.8, 4) is 0 Å². The summed E-state index contributed by atoms with van der Waals surface area (Å²) in [5.41, 5.74) is -0.0594. The molecule has 1 aromatic heterocycles. The Morgan fingerprint density at radius 3 is 2.62 bits per heavy atom. The molecule has 13 heavy (non-hydrogen) atoms. The Labute approximate surface area is 83.1 Å². The number of primary sulfonamides is 1. The topological polar surface area (TPSA) is 93.0 Å². The van der Waals surface area contributed by atoms with Gasteiger partial charge in [-0.2, -0.15) is 0 Å². The lowest BCUT2D eigenvalue weighted by Gasteiger charge is -1.98. The molecule has 0 atom stereocenters. The van der Waals surface area contributed by atoms with Crippen molar-refractivity contribution >= 4 is 26.0 Å². The smallest absolute Gasteiger partial charge is 0.268 e. The van der Waals surface area contributed by atoms with Crippen LogP contribution in [0.5, 0.6) is 0 Å². The number of nitrogens with one attached hydrogen (secondary N) is 1. The first-order valence-corrected chi connectivity index (χ1v) is 5.92. The molecule has 0 amide bonds. The molecule has 0 bridgehead atoms. The maximum Gasteiger partial charge on any atom is 0.268 e. The maximum absolute atomic E-state index is 11.0. The van der Waals surface area contributed by atoms with E-state index in [1.54, 1.807) is 0 Å². The van der Waals surface area contributed by atoms with Gasteiger partial charge in [-0.25, -0.2) is 13.6 Å². The molecule has 7 heteroatoms. The molecule has 5 nitrogen and oxygen atoms in total. The quantitative estimate of drug-likeness (QED) is 0.734. The summed E-state index contributed by atoms with van der Waals surface area (Å²) in [6, 6.07) is 1.24. The van der Waals surface area contributed by atoms with Gasteiger partial charge in [-0.15, -0.1) is 0 Å². The zero-order valence-electron chi connectivity index (χ0n) is 6.45. The number of pyridine rings is 1. The first-order valence-electron chi connectivity index (χ1n) is 3.25. The van der Waals surface area contributed by atoms with Gasteiger partial charge < -0.3 is 4.98 Å². The normalized spacial score (nSPS) is 11.5. The average molecular weight is 267 g/mol. The van der Waals surface area contributed by atoms with Crippen LogP contribution in [0.3, 0.4) is 0 Å². The Morgan fingerprint density at radius 1 is 1.54 bits per heavy atom. The number of nitrogens with two attached hydrogens (primary N) is 1. The lowest BCUT2D eigenvalue weighted by Crippen LogP contribution is -2.23. The summed E-state index contributed by atoms with van der Waals surface area (Å²) in [6.45, 7) is 0. The van der Waals surface area contributed by atoms with Crippen LogP contribution in [0, 0.1) is 0 Å². The van der Waals surface area contributed by atoms with Crippen LogP contribution >= 0.6 is 15.9 Å². The van der Waals surface area contributed by atoms with Gasteiger partial charge in [0, 0.05) is 11.5 Å². The fraction of sp³-hybridized carbons (Fsp3) is 0.167. The van der Waals surface area contributed by atoms with E-state index in [4.69, 9.17) is 5.14 Å². The SMILES string of the molecule is NS(=O)(=O)c1cc(CBr)c[nH]c1=O. The highest BCUT2D eigenvalue weighted by Gasteiger charge is 2.12. The van der Waals surface area contributed by atoms with Crippen LogP contribution in [-0.4, -0.2) is 13.4 Å². The second kappa shape index (κ2) is 3.60. The minimum absolute atomic E-state index is 0.413. The summed E-state index contributed by atoms with van der Waals surface area (Å²) < 4.78 is 21.7. The van der Waals surface area contributed by atoms with Crippen molar-refractivity contribution in [3.63, 3.8) is 0 Å². The van der Waals surface area contributed by atoms with Crippen LogP contribution in [0.25, 0.3) is 0 Å². The van der Waals surface area contributed by atoms with Crippen LogP contribution in [0.1, 0.15) is 5.56 Å². The third-order valence-electron chi connectivity index (χ3n) is 1.39. The first-order chi connectivity index (χ1) is 5.95. The Balaban J connectivity index is 3.45. The molecule has 0 fully saturated rings. The van der Waals surface area contributed by atoms with E-state index in [9.17, 15) is 13.2 Å². The number of hydrogen-bond acceptors (Lipinski definition) is 3. The first kappa shape index (κ1) is 10.4. The van der Waals surface area contributed by atoms with Gasteiger partial charge in [-0.05, 0) is 11.6 Å². The minimum atomic E-state index is -3.93. The molecule has 3 N–H and O–H groups in total. The van der Waals surface area contributed by atoms with Gasteiger partial charge in [-0.3, -0.25) is 4.79 Å². The molecule has 1 rings (SSSR count). The van der Waals surface area contributed by atoms with Crippen LogP contribution in [-0.2, 0) is 15.4 Å². The standard InChI is InChI=1S/C6H7BrN2O3S/c7-2-4-1-5(13(8,11)12)6(10)9-3-4/h1,3H,2H2,(H,9,10)(H2,8,11,12). The highest BCUT2D eigenvalue weighted by molar-refractivity contribution is 9.08. The summed E-state index contributed by atoms with van der Waals surface area (Å²) in [6.07, 6.45) is 1.42. The van der Waals surface area contributed by atoms with Crippen molar-refractivity contribution in [2.75, 3.05) is 0 Å². The predicted octanol–water partition coefficient (Wildman–Crippen LogP) is -0.0828. The number of alkyl halides is 1. The minimum Gasteiger partial charge on any atom is -0.328 e. The van der Waals surface area contributed by atoms with Gasteiger partial charge in [0.1, 0.15) is 4.90 Å². The molecule has 1 heterocycles. The summed E-state index contributed by atoms with van der Waals surface area (Å²) >= 11 is 3.13. The molecule has 0 unspecified atom stereocenters. The average Bonchev–Trinajstić information content (AvgIpc) is 2.03. The Hall–Kier alpha value is -0.660. The number of H-pyrrole nitrogens is 1. The van der Waals surface area contributed by atoms with E-state index < -0.39 is 20.5 Å². The molecule has 0 saturated carbocycles. The van der Waals surface area contributed by atoms with Crippen molar-refractivity contribution in [1.29, 1.82) is 0 Å². The van der Waals surface area contributed by atoms with Gasteiger partial charge >= 0.3 is 0 Å². The number of halogens is 1. The monoisotopic (exact) mass is 266 g/mol. The molecule has 72 valence electrons. The van der Waals surface area contributed by atoms with E-state index in [0.717, 1.165) is 0 Å². The zero-order chi connectivity index (χ0) is 10.1. The van der Waals surface area contributed by atoms with Gasteiger partial charge in [0.05, 0.1) is 0 Å². The molecule has 0 aliphatic carbocycles. The third-order valence-corrected chi connectivity index (χ3v) is 2.95. The molecular formula is C6H7BrN2O3S. The fourth-order valence-electron chi connectivity index (χ4n) is 0.793. The fourth-order valence-corrected chi connectivity index (χ4v) is 1.75. The summed E-state index contributed by atoms with van der Waals surface area (Å²) in [4.78, 5) is 12.9. The van der Waals surface area contributed by atoms with E-state index in [-0.39, 0.29) is 0 Å². The highest BCUT2D eigenvalue weighted by Crippen LogP contribution is 2.06. The van der Waals surface area contributed by atoms with E-state index >= 15 is 0 Å². The second-order valence-electron chi connectivity index (χ2n) is 2.38. The van der Waals surface area contributed by atoms with E-state index in [2.05, 4.69) is 20.9 Å². The third kappa shape index (κ3) is 2.39. The van der Waals surface area contributed by atoms with Crippen LogP contribution in [0.4, 0.5) is 0 Å². The van der Waals surface area contributed by atoms with Crippen molar-refractivity contribution in [1.82, 2.24) is 4.98 Å². The molecule has 0 aliphatic rings. The maximum atomic E-state index is 11.0. The highest BCUT2D eigenvalue weighted by atomic mass is 79.9. The van der Waals surface area contributed by atoms with Gasteiger partial charge in [-0.1, -0.05) is 15.9 Å². The van der Waals surface area contributed by atoms with Crippen molar-refractivity contribution in [2.45, 2.75) is 10.2 Å². The zero-order valence-corrected chi connectivity index (χ0v) is 8.85. The van der Waals surface area contributed by atoms with E-state index in [0.29, 0.717) is 10.9 Å². The van der Waals surface area contributed by atoms with E-state index in [1.807, 2.05) is 0 Å². The van der Waals surface area contributed by atoms with Crippen LogP contribution in [0.2, 0.25) is 0 Å². The van der Waals surface area contributed by atoms with Crippen LogP contribution < -0.4 is 10.7 Å². The number of hydrogen-bond donors (Lipinski definition) is 2. The Bertz CT molecular complexity index is 465. The summed E-state index contributed by atoms with van der Waals surface area (Å²) in [5.74, 6) is 0. The molecule has 0 aliphatic heterocycles. The molecule has 0 saturated heterocycles. The number of sulfonamides is 1. The lowest BCUT2D eigenvalue weighted by atomic mass is 10.3. The van der Waals surface area contributed by atoms with Gasteiger partial charge in [0.2, 0.25) is 10.0 Å². The molecule has 0 spiro atoms. The van der Waals surface area contributed by atoms with Crippen molar-refractivity contribution in [2.24, 2.45) is 5.14 Å². The van der Waals surface area contributed by atoms with Crippen LogP contribution in [0.15, 0.2) is 22.0 Å². The molecule has 0 radical (unpaired) electrons. The van der Waals surface area contributed by atoms with E-state index in [1.165, 1.54) is 12.3 Å². The number of aromatic amines is 1. The molecule has 0 aromatic carbocycles. The largest absolute Gasteiger partial charge is 0.328 e. The van der Waals surface area contributed by atoms with Gasteiger partial charge in [0.15, 0.2) is 0 Å². The summed E-state index contributed by atoms with van der Waals surface area (Å²) in [5, 5.41) is 5.27. The van der Waals surface area contributed by atoms with Crippen molar-refractivity contribution < 1.29 is 8.42 Å². The summed E-state index contributed by atoms with van der Waals surface area (Å²) in [7, 11) is -3.93. The molecular weight excluding hydrogens is 260 g/mol. The Kier molecular flexibility index (Phi) is 2.89. The predicted molar refractivity (Wildman–Crippen MR) is 51.1 cm³/mol. The lowest BCUT2D eigenvalue weighted by molar-refractivity contribution is 0.596. The van der Waals surface area contributed by atoms with Crippen molar-refractivity contribution in [3.05, 3.63) is 28.2 Å². The Morgan fingerprint density at radius 2 is 2.15 bits per heavy atom. The number of rotatable bonds is 2.